The molecule has 0 aliphatic carbocycles. The van der Waals surface area contributed by atoms with E-state index in [1.165, 1.54) is 82.0 Å². The molecule has 28 heavy (non-hydrogen) atoms. The van der Waals surface area contributed by atoms with Gasteiger partial charge in [-0.05, 0) is 59.2 Å². The predicted octanol–water partition coefficient (Wildman–Crippen LogP) is 4.88. The van der Waals surface area contributed by atoms with Crippen LogP contribution in [-0.2, 0) is 10.1 Å². The summed E-state index contributed by atoms with van der Waals surface area (Å²) in [4.78, 5) is 1.96. The monoisotopic (exact) mass is 422 g/mol. The molecule has 0 fully saturated rings. The van der Waals surface area contributed by atoms with E-state index in [9.17, 15) is 13.0 Å². The Kier molecular flexibility index (Phi) is 20.2. The standard InChI is InChI=1S/C16H36N.C6H15NO3S/c1-5-9-13-17(14-10-6-2,15-11-7-3)16-12-8-4;1-7(2)5-3-4-6-11(8,9)10/h5-16H2,1-4H3;3-6H2,1-2H3,(H,8,9,10)/q+1;/p-1. The average molecular weight is 423 g/mol. The Labute approximate surface area is 177 Å². The van der Waals surface area contributed by atoms with E-state index in [0.29, 0.717) is 6.42 Å². The first kappa shape index (κ1) is 30.0. The predicted molar refractivity (Wildman–Crippen MR) is 122 cm³/mol. The molecule has 172 valence electrons. The first-order valence-electron chi connectivity index (χ1n) is 11.6. The van der Waals surface area contributed by atoms with Crippen molar-refractivity contribution in [2.45, 2.75) is 91.9 Å². The molecule has 5 nitrogen and oxygen atoms in total. The molecule has 0 aliphatic rings. The van der Waals surface area contributed by atoms with Crippen LogP contribution < -0.4 is 0 Å². The largest absolute Gasteiger partial charge is 0.748 e. The van der Waals surface area contributed by atoms with Gasteiger partial charge in [0.1, 0.15) is 0 Å². The third-order valence-electron chi connectivity index (χ3n) is 5.19. The lowest BCUT2D eigenvalue weighted by Gasteiger charge is -2.39. The number of quaternary nitrogens is 1. The van der Waals surface area contributed by atoms with Gasteiger partial charge in [-0.15, -0.1) is 0 Å². The van der Waals surface area contributed by atoms with Crippen molar-refractivity contribution in [1.29, 1.82) is 0 Å². The molecule has 0 rings (SSSR count). The number of unbranched alkanes of at least 4 members (excludes halogenated alkanes) is 5. The Hall–Kier alpha value is -0.170. The van der Waals surface area contributed by atoms with Gasteiger partial charge in [-0.3, -0.25) is 0 Å². The molecule has 6 heteroatoms. The summed E-state index contributed by atoms with van der Waals surface area (Å²) in [5, 5.41) is 0. The Morgan fingerprint density at radius 1 is 0.679 bits per heavy atom. The van der Waals surface area contributed by atoms with E-state index in [4.69, 9.17) is 0 Å². The van der Waals surface area contributed by atoms with Gasteiger partial charge in [-0.25, -0.2) is 8.42 Å². The highest BCUT2D eigenvalue weighted by Gasteiger charge is 2.24. The molecule has 0 unspecified atom stereocenters. The van der Waals surface area contributed by atoms with Crippen LogP contribution >= 0.6 is 0 Å². The van der Waals surface area contributed by atoms with E-state index in [1.807, 2.05) is 19.0 Å². The molecule has 0 aliphatic heterocycles. The molecule has 0 atom stereocenters. The molecule has 0 amide bonds. The van der Waals surface area contributed by atoms with E-state index in [2.05, 4.69) is 27.7 Å². The van der Waals surface area contributed by atoms with Crippen molar-refractivity contribution in [2.75, 3.05) is 52.6 Å². The van der Waals surface area contributed by atoms with Crippen molar-refractivity contribution in [2.24, 2.45) is 0 Å². The van der Waals surface area contributed by atoms with E-state index >= 15 is 0 Å². The second-order valence-electron chi connectivity index (χ2n) is 8.42. The fourth-order valence-electron chi connectivity index (χ4n) is 3.35. The van der Waals surface area contributed by atoms with Crippen LogP contribution in [0.1, 0.15) is 91.9 Å². The molecule has 0 spiro atoms. The van der Waals surface area contributed by atoms with Gasteiger partial charge in [0.2, 0.25) is 0 Å². The van der Waals surface area contributed by atoms with E-state index in [1.54, 1.807) is 0 Å². The van der Waals surface area contributed by atoms with Crippen molar-refractivity contribution < 1.29 is 17.5 Å². The summed E-state index contributed by atoms with van der Waals surface area (Å²) in [5.41, 5.74) is 0. The fourth-order valence-corrected chi connectivity index (χ4v) is 3.91. The summed E-state index contributed by atoms with van der Waals surface area (Å²) < 4.78 is 31.7. The maximum atomic E-state index is 10.1. The highest BCUT2D eigenvalue weighted by Crippen LogP contribution is 2.16. The average Bonchev–Trinajstić information content (AvgIpc) is 2.64. The highest BCUT2D eigenvalue weighted by atomic mass is 32.2. The van der Waals surface area contributed by atoms with Gasteiger partial charge in [-0.1, -0.05) is 53.4 Å². The molecule has 0 heterocycles. The maximum absolute atomic E-state index is 10.1. The van der Waals surface area contributed by atoms with Crippen LogP contribution in [0.25, 0.3) is 0 Å². The molecule has 0 aromatic rings. The van der Waals surface area contributed by atoms with Crippen molar-refractivity contribution >= 4 is 10.1 Å². The van der Waals surface area contributed by atoms with Gasteiger partial charge < -0.3 is 13.9 Å². The van der Waals surface area contributed by atoms with Gasteiger partial charge in [0.25, 0.3) is 0 Å². The molecule has 0 aromatic carbocycles. The lowest BCUT2D eigenvalue weighted by molar-refractivity contribution is -0.929. The third kappa shape index (κ3) is 20.6. The van der Waals surface area contributed by atoms with Crippen molar-refractivity contribution in [3.63, 3.8) is 0 Å². The Bertz CT molecular complexity index is 388. The van der Waals surface area contributed by atoms with E-state index in [-0.39, 0.29) is 5.75 Å². The lowest BCUT2D eigenvalue weighted by atomic mass is 10.1. The highest BCUT2D eigenvalue weighted by molar-refractivity contribution is 7.85. The Balaban J connectivity index is 0. The van der Waals surface area contributed by atoms with Crippen LogP contribution in [-0.4, -0.2) is 74.9 Å². The minimum atomic E-state index is -3.99. The fraction of sp³-hybridized carbons (Fsp3) is 1.00. The summed E-state index contributed by atoms with van der Waals surface area (Å²) in [7, 11) is -0.174. The SMILES string of the molecule is CCCC[N+](CCCC)(CCCC)CCCC.CN(C)CCCCS(=O)(=O)[O-]. The summed E-state index contributed by atoms with van der Waals surface area (Å²) in [6.07, 6.45) is 12.3. The number of hydrogen-bond acceptors (Lipinski definition) is 4. The van der Waals surface area contributed by atoms with Gasteiger partial charge in [0.05, 0.1) is 36.3 Å². The summed E-state index contributed by atoms with van der Waals surface area (Å²) in [5.74, 6) is -0.235. The molecule has 0 aromatic heterocycles. The Morgan fingerprint density at radius 3 is 1.29 bits per heavy atom. The quantitative estimate of drug-likeness (QED) is 0.190. The van der Waals surface area contributed by atoms with Crippen LogP contribution in [0.2, 0.25) is 0 Å². The minimum absolute atomic E-state index is 0.235. The molecule has 0 saturated carbocycles. The van der Waals surface area contributed by atoms with Gasteiger partial charge in [0.15, 0.2) is 0 Å². The van der Waals surface area contributed by atoms with Gasteiger partial charge in [0, 0.05) is 5.75 Å². The summed E-state index contributed by atoms with van der Waals surface area (Å²) in [6.45, 7) is 15.8. The van der Waals surface area contributed by atoms with Crippen molar-refractivity contribution in [1.82, 2.24) is 4.90 Å². The third-order valence-corrected chi connectivity index (χ3v) is 5.98. The Morgan fingerprint density at radius 2 is 1.04 bits per heavy atom. The van der Waals surface area contributed by atoms with Gasteiger partial charge >= 0.3 is 0 Å². The number of rotatable bonds is 17. The molecular weight excluding hydrogens is 372 g/mol. The number of hydrogen-bond donors (Lipinski definition) is 0. The molecular formula is C22H50N2O3S. The van der Waals surface area contributed by atoms with Crippen LogP contribution in [0.4, 0.5) is 0 Å². The summed E-state index contributed by atoms with van der Waals surface area (Å²) in [6, 6.07) is 0. The van der Waals surface area contributed by atoms with Crippen LogP contribution in [0.15, 0.2) is 0 Å². The second kappa shape index (κ2) is 18.8. The minimum Gasteiger partial charge on any atom is -0.748 e. The topological polar surface area (TPSA) is 60.4 Å². The molecule has 0 radical (unpaired) electrons. The first-order chi connectivity index (χ1) is 13.2. The van der Waals surface area contributed by atoms with Crippen LogP contribution in [0.5, 0.6) is 0 Å². The normalized spacial score (nSPS) is 12.1. The zero-order chi connectivity index (χ0) is 21.9. The molecule has 0 N–H and O–H groups in total. The second-order valence-corrected chi connectivity index (χ2v) is 9.95. The lowest BCUT2D eigenvalue weighted by Crippen LogP contribution is -2.50. The van der Waals surface area contributed by atoms with Crippen LogP contribution in [0, 0.1) is 0 Å². The summed E-state index contributed by atoms with van der Waals surface area (Å²) >= 11 is 0. The number of nitrogens with zero attached hydrogens (tertiary/aromatic N) is 2. The van der Waals surface area contributed by atoms with Gasteiger partial charge in [-0.2, -0.15) is 0 Å². The zero-order valence-corrected chi connectivity index (χ0v) is 20.7. The van der Waals surface area contributed by atoms with Crippen LogP contribution in [0.3, 0.4) is 0 Å². The van der Waals surface area contributed by atoms with Crippen molar-refractivity contribution in [3.8, 4) is 0 Å². The molecule has 0 saturated heterocycles. The molecule has 0 bridgehead atoms. The first-order valence-corrected chi connectivity index (χ1v) is 13.2. The van der Waals surface area contributed by atoms with Crippen molar-refractivity contribution in [3.05, 3.63) is 0 Å². The maximum Gasteiger partial charge on any atom is 0.0945 e. The smallest absolute Gasteiger partial charge is 0.0945 e. The van der Waals surface area contributed by atoms with E-state index < -0.39 is 10.1 Å². The van der Waals surface area contributed by atoms with E-state index in [0.717, 1.165) is 13.0 Å². The zero-order valence-electron chi connectivity index (χ0n) is 19.8.